The molecule has 300 valence electrons. The number of ether oxygens (including phenoxy) is 2. The van der Waals surface area contributed by atoms with Crippen molar-refractivity contribution < 1.29 is 37.9 Å². The van der Waals surface area contributed by atoms with Crippen LogP contribution >= 0.6 is 7.82 Å². The highest BCUT2D eigenvalue weighted by molar-refractivity contribution is 7.46. The molecule has 0 aliphatic carbocycles. The number of carbonyl (C=O) groups is 2. The van der Waals surface area contributed by atoms with Crippen molar-refractivity contribution in [3.63, 3.8) is 0 Å². The van der Waals surface area contributed by atoms with Gasteiger partial charge in [0, 0.05) is 12.8 Å². The van der Waals surface area contributed by atoms with Gasteiger partial charge in [0.2, 0.25) is 0 Å². The SMILES string of the molecule is CC/C=C/C/C=C/C/C=C/C/C=C/C/C=C/C/C=C/CCCCCC(=O)OCC(COP(=O)(O)O)OC(=O)CC/C=C/C/C=C/CCCCCCCC. The Kier molecular flexibility index (Phi) is 36.5. The number of carbonyl (C=O) groups excluding carboxylic acids is 2. The number of hydrogen-bond donors (Lipinski definition) is 2. The molecule has 0 heterocycles. The highest BCUT2D eigenvalue weighted by Gasteiger charge is 2.22. The van der Waals surface area contributed by atoms with Gasteiger partial charge in [-0.3, -0.25) is 14.1 Å². The summed E-state index contributed by atoms with van der Waals surface area (Å²) in [6.07, 6.45) is 52.9. The maximum atomic E-state index is 12.3. The molecule has 0 aliphatic rings. The molecule has 1 unspecified atom stereocenters. The van der Waals surface area contributed by atoms with Crippen LogP contribution in [-0.4, -0.2) is 41.0 Å². The minimum atomic E-state index is -4.78. The van der Waals surface area contributed by atoms with Gasteiger partial charge in [0.25, 0.3) is 0 Å². The Labute approximate surface area is 322 Å². The van der Waals surface area contributed by atoms with Crippen LogP contribution in [-0.2, 0) is 28.2 Å². The first kappa shape index (κ1) is 50.0. The van der Waals surface area contributed by atoms with Crippen molar-refractivity contribution in [3.05, 3.63) is 97.2 Å². The summed E-state index contributed by atoms with van der Waals surface area (Å²) in [7, 11) is -4.78. The van der Waals surface area contributed by atoms with Gasteiger partial charge in [-0.2, -0.15) is 0 Å². The molecule has 0 saturated heterocycles. The number of rotatable bonds is 35. The van der Waals surface area contributed by atoms with E-state index in [9.17, 15) is 14.2 Å². The van der Waals surface area contributed by atoms with E-state index in [2.05, 4.69) is 103 Å². The van der Waals surface area contributed by atoms with Crippen molar-refractivity contribution in [2.75, 3.05) is 13.2 Å². The van der Waals surface area contributed by atoms with E-state index in [1.807, 2.05) is 12.2 Å². The Morgan fingerprint density at radius 3 is 1.43 bits per heavy atom. The molecular formula is C44H71O8P. The molecule has 0 bridgehead atoms. The van der Waals surface area contributed by atoms with E-state index >= 15 is 0 Å². The van der Waals surface area contributed by atoms with Crippen molar-refractivity contribution in [2.45, 2.75) is 155 Å². The zero-order valence-corrected chi connectivity index (χ0v) is 33.8. The number of hydrogen-bond acceptors (Lipinski definition) is 6. The Hall–Kier alpha value is -3.03. The smallest absolute Gasteiger partial charge is 0.462 e. The van der Waals surface area contributed by atoms with E-state index in [0.29, 0.717) is 12.8 Å². The van der Waals surface area contributed by atoms with Gasteiger partial charge in [0.15, 0.2) is 6.10 Å². The third-order valence-electron chi connectivity index (χ3n) is 7.85. The molecule has 53 heavy (non-hydrogen) atoms. The summed E-state index contributed by atoms with van der Waals surface area (Å²) < 4.78 is 26.2. The fourth-order valence-corrected chi connectivity index (χ4v) is 5.26. The molecule has 0 saturated carbocycles. The van der Waals surface area contributed by atoms with Crippen LogP contribution in [0.5, 0.6) is 0 Å². The van der Waals surface area contributed by atoms with Crippen molar-refractivity contribution in [1.29, 1.82) is 0 Å². The quantitative estimate of drug-likeness (QED) is 0.0284. The fraction of sp³-hybridized carbons (Fsp3) is 0.591. The van der Waals surface area contributed by atoms with Crippen LogP contribution in [0.4, 0.5) is 0 Å². The maximum absolute atomic E-state index is 12.3. The van der Waals surface area contributed by atoms with Crippen molar-refractivity contribution in [2.24, 2.45) is 0 Å². The number of allylic oxidation sites excluding steroid dienone is 16. The zero-order valence-electron chi connectivity index (χ0n) is 32.9. The third kappa shape index (κ3) is 41.6. The Morgan fingerprint density at radius 1 is 0.509 bits per heavy atom. The second-order valence-electron chi connectivity index (χ2n) is 12.9. The van der Waals surface area contributed by atoms with Gasteiger partial charge in [0.1, 0.15) is 6.61 Å². The lowest BCUT2D eigenvalue weighted by Crippen LogP contribution is -2.29. The first-order chi connectivity index (χ1) is 25.8. The van der Waals surface area contributed by atoms with Crippen LogP contribution in [0.15, 0.2) is 97.2 Å². The lowest BCUT2D eigenvalue weighted by molar-refractivity contribution is -0.161. The van der Waals surface area contributed by atoms with Gasteiger partial charge in [-0.05, 0) is 83.5 Å². The molecule has 0 fully saturated rings. The van der Waals surface area contributed by atoms with E-state index in [-0.39, 0.29) is 19.4 Å². The molecule has 0 spiro atoms. The zero-order chi connectivity index (χ0) is 38.9. The summed E-state index contributed by atoms with van der Waals surface area (Å²) in [6.45, 7) is 3.46. The van der Waals surface area contributed by atoms with E-state index in [1.54, 1.807) is 0 Å². The standard InChI is InChI=1S/C44H71O8P/c1-3-5-7-9-11-13-15-17-18-19-20-21-22-23-24-25-27-28-30-32-34-36-38-43(45)50-40-42(41-51-53(47,48)49)52-44(46)39-37-35-33-31-29-26-16-14-12-10-8-6-4-2/h5,7,11,13,17-18,20-21,23-24,26-29,33,35,42H,3-4,6,8-10,12,14-16,19,22,25,30-32,34,36-41H2,1-2H3,(H2,47,48,49)/b7-5+,13-11+,18-17+,21-20+,24-23+,28-27+,29-26+,35-33+. The predicted molar refractivity (Wildman–Crippen MR) is 220 cm³/mol. The van der Waals surface area contributed by atoms with E-state index in [0.717, 1.165) is 70.6 Å². The molecular weight excluding hydrogens is 687 g/mol. The minimum absolute atomic E-state index is 0.0924. The fourth-order valence-electron chi connectivity index (χ4n) is 4.90. The van der Waals surface area contributed by atoms with Crippen molar-refractivity contribution in [1.82, 2.24) is 0 Å². The molecule has 0 radical (unpaired) electrons. The summed E-state index contributed by atoms with van der Waals surface area (Å²) in [5.74, 6) is -1.01. The van der Waals surface area contributed by atoms with Crippen LogP contribution in [0.2, 0.25) is 0 Å². The van der Waals surface area contributed by atoms with Crippen LogP contribution in [0.25, 0.3) is 0 Å². The number of unbranched alkanes of at least 4 members (excludes halogenated alkanes) is 9. The maximum Gasteiger partial charge on any atom is 0.469 e. The van der Waals surface area contributed by atoms with Crippen LogP contribution in [0.3, 0.4) is 0 Å². The van der Waals surface area contributed by atoms with E-state index in [1.165, 1.54) is 38.5 Å². The minimum Gasteiger partial charge on any atom is -0.462 e. The highest BCUT2D eigenvalue weighted by atomic mass is 31.2. The van der Waals surface area contributed by atoms with E-state index in [4.69, 9.17) is 19.3 Å². The summed E-state index contributed by atoms with van der Waals surface area (Å²) in [5, 5.41) is 0. The van der Waals surface area contributed by atoms with Crippen LogP contribution in [0, 0.1) is 0 Å². The molecule has 0 aromatic carbocycles. The summed E-state index contributed by atoms with van der Waals surface area (Å²) in [4.78, 5) is 42.7. The monoisotopic (exact) mass is 758 g/mol. The Balaban J connectivity index is 4.09. The first-order valence-corrected chi connectivity index (χ1v) is 21.6. The molecule has 8 nitrogen and oxygen atoms in total. The Bertz CT molecular complexity index is 1170. The van der Waals surface area contributed by atoms with Gasteiger partial charge in [-0.25, -0.2) is 4.57 Å². The van der Waals surface area contributed by atoms with Gasteiger partial charge in [0.05, 0.1) is 6.61 Å². The molecule has 2 N–H and O–H groups in total. The van der Waals surface area contributed by atoms with Gasteiger partial charge >= 0.3 is 19.8 Å². The second-order valence-corrected chi connectivity index (χ2v) is 14.1. The molecule has 9 heteroatoms. The van der Waals surface area contributed by atoms with Crippen LogP contribution < -0.4 is 0 Å². The molecule has 0 amide bonds. The van der Waals surface area contributed by atoms with Crippen molar-refractivity contribution >= 4 is 19.8 Å². The molecule has 0 rings (SSSR count). The highest BCUT2D eigenvalue weighted by Crippen LogP contribution is 2.35. The first-order valence-electron chi connectivity index (χ1n) is 20.0. The summed E-state index contributed by atoms with van der Waals surface area (Å²) in [6, 6.07) is 0. The number of esters is 2. The normalized spacial score (nSPS) is 13.5. The topological polar surface area (TPSA) is 119 Å². The predicted octanol–water partition coefficient (Wildman–Crippen LogP) is 12.2. The molecule has 0 aromatic heterocycles. The van der Waals surface area contributed by atoms with Gasteiger partial charge < -0.3 is 19.3 Å². The summed E-state index contributed by atoms with van der Waals surface area (Å²) in [5.41, 5.74) is 0. The lowest BCUT2D eigenvalue weighted by Gasteiger charge is -2.18. The molecule has 1 atom stereocenters. The van der Waals surface area contributed by atoms with E-state index < -0.39 is 32.5 Å². The average Bonchev–Trinajstić information content (AvgIpc) is 3.13. The number of phosphoric ester groups is 1. The second kappa shape index (κ2) is 38.7. The third-order valence-corrected chi connectivity index (χ3v) is 8.34. The summed E-state index contributed by atoms with van der Waals surface area (Å²) >= 11 is 0. The Morgan fingerprint density at radius 2 is 0.943 bits per heavy atom. The largest absolute Gasteiger partial charge is 0.469 e. The number of phosphoric acid groups is 1. The average molecular weight is 759 g/mol. The lowest BCUT2D eigenvalue weighted by atomic mass is 10.1. The molecule has 0 aromatic rings. The van der Waals surface area contributed by atoms with Gasteiger partial charge in [-0.15, -0.1) is 0 Å². The van der Waals surface area contributed by atoms with Gasteiger partial charge in [-0.1, -0.05) is 150 Å². The van der Waals surface area contributed by atoms with Crippen LogP contribution in [0.1, 0.15) is 149 Å². The molecule has 0 aliphatic heterocycles. The van der Waals surface area contributed by atoms with Crippen molar-refractivity contribution in [3.8, 4) is 0 Å².